The molecule has 4 N–H and O–H groups in total. The molecule has 0 radical (unpaired) electrons. The van der Waals surface area contributed by atoms with Crippen LogP contribution in [0.1, 0.15) is 39.0 Å². The molecule has 0 spiro atoms. The number of rotatable bonds is 6. The highest BCUT2D eigenvalue weighted by molar-refractivity contribution is 5.88. The number of amides is 1. The fourth-order valence-electron chi connectivity index (χ4n) is 1.98. The van der Waals surface area contributed by atoms with Crippen LogP contribution in [0.15, 0.2) is 0 Å². The molecule has 1 rings (SSSR count). The van der Waals surface area contributed by atoms with Crippen molar-refractivity contribution in [2.75, 3.05) is 6.54 Å². The minimum Gasteiger partial charge on any atom is -0.480 e. The summed E-state index contributed by atoms with van der Waals surface area (Å²) in [6, 6.07) is -0.776. The van der Waals surface area contributed by atoms with Crippen LogP contribution in [0, 0.1) is 5.41 Å². The van der Waals surface area contributed by atoms with E-state index in [1.807, 2.05) is 6.92 Å². The second-order valence-electron chi connectivity index (χ2n) is 4.49. The van der Waals surface area contributed by atoms with Crippen molar-refractivity contribution in [1.82, 2.24) is 5.32 Å². The monoisotopic (exact) mass is 228 g/mol. The molecule has 16 heavy (non-hydrogen) atoms. The van der Waals surface area contributed by atoms with Crippen LogP contribution in [0.3, 0.4) is 0 Å². The summed E-state index contributed by atoms with van der Waals surface area (Å²) in [5, 5.41) is 11.5. The first kappa shape index (κ1) is 13.0. The Balaban J connectivity index is 2.57. The van der Waals surface area contributed by atoms with Gasteiger partial charge in [0.05, 0.1) is 5.41 Å². The van der Waals surface area contributed by atoms with Crippen LogP contribution in [-0.2, 0) is 9.59 Å². The van der Waals surface area contributed by atoms with Crippen molar-refractivity contribution in [1.29, 1.82) is 0 Å². The van der Waals surface area contributed by atoms with Crippen LogP contribution in [0.5, 0.6) is 0 Å². The lowest BCUT2D eigenvalue weighted by atomic mass is 9.68. The van der Waals surface area contributed by atoms with Crippen LogP contribution in [0.4, 0.5) is 0 Å². The van der Waals surface area contributed by atoms with Gasteiger partial charge in [-0.2, -0.15) is 0 Å². The molecule has 1 atom stereocenters. The van der Waals surface area contributed by atoms with E-state index in [1.165, 1.54) is 0 Å². The normalized spacial score (nSPS) is 19.6. The van der Waals surface area contributed by atoms with Gasteiger partial charge in [-0.05, 0) is 19.3 Å². The third-order valence-corrected chi connectivity index (χ3v) is 3.36. The van der Waals surface area contributed by atoms with Crippen LogP contribution in [0.2, 0.25) is 0 Å². The number of carbonyl (C=O) groups is 2. The van der Waals surface area contributed by atoms with E-state index in [2.05, 4.69) is 5.32 Å². The molecular formula is C11H20N2O3. The smallest absolute Gasteiger partial charge is 0.326 e. The molecule has 1 amide bonds. The van der Waals surface area contributed by atoms with E-state index >= 15 is 0 Å². The largest absolute Gasteiger partial charge is 0.480 e. The van der Waals surface area contributed by atoms with Gasteiger partial charge in [-0.15, -0.1) is 0 Å². The van der Waals surface area contributed by atoms with Gasteiger partial charge < -0.3 is 16.2 Å². The summed E-state index contributed by atoms with van der Waals surface area (Å²) < 4.78 is 0. The molecule has 1 saturated carbocycles. The van der Waals surface area contributed by atoms with Crippen molar-refractivity contribution in [3.05, 3.63) is 0 Å². The third kappa shape index (κ3) is 2.52. The maximum absolute atomic E-state index is 11.9. The Morgan fingerprint density at radius 2 is 2.12 bits per heavy atom. The van der Waals surface area contributed by atoms with E-state index in [0.717, 1.165) is 25.7 Å². The van der Waals surface area contributed by atoms with Gasteiger partial charge in [-0.3, -0.25) is 4.79 Å². The molecule has 0 aromatic rings. The Morgan fingerprint density at radius 3 is 2.44 bits per heavy atom. The summed E-state index contributed by atoms with van der Waals surface area (Å²) in [6.07, 6.45) is 3.73. The maximum atomic E-state index is 11.9. The van der Waals surface area contributed by atoms with Gasteiger partial charge in [-0.1, -0.05) is 19.8 Å². The molecular weight excluding hydrogens is 208 g/mol. The third-order valence-electron chi connectivity index (χ3n) is 3.36. The first-order valence-electron chi connectivity index (χ1n) is 5.79. The SMILES string of the molecule is CCC[C@@H](NC(=O)C1(CN)CCC1)C(=O)O. The molecule has 92 valence electrons. The molecule has 0 saturated heterocycles. The number of carbonyl (C=O) groups excluding carboxylic acids is 1. The zero-order chi connectivity index (χ0) is 12.2. The number of nitrogens with two attached hydrogens (primary N) is 1. The highest BCUT2D eigenvalue weighted by Gasteiger charge is 2.43. The number of nitrogens with one attached hydrogen (secondary N) is 1. The summed E-state index contributed by atoms with van der Waals surface area (Å²) in [4.78, 5) is 22.8. The highest BCUT2D eigenvalue weighted by atomic mass is 16.4. The van der Waals surface area contributed by atoms with Crippen molar-refractivity contribution in [3.63, 3.8) is 0 Å². The van der Waals surface area contributed by atoms with E-state index in [-0.39, 0.29) is 5.91 Å². The molecule has 5 heteroatoms. The predicted molar refractivity (Wildman–Crippen MR) is 59.8 cm³/mol. The number of hydrogen-bond donors (Lipinski definition) is 3. The lowest BCUT2D eigenvalue weighted by Gasteiger charge is -2.39. The average molecular weight is 228 g/mol. The summed E-state index contributed by atoms with van der Waals surface area (Å²) in [6.45, 7) is 2.20. The average Bonchev–Trinajstić information content (AvgIpc) is 2.16. The van der Waals surface area contributed by atoms with Crippen molar-refractivity contribution < 1.29 is 14.7 Å². The lowest BCUT2D eigenvalue weighted by Crippen LogP contribution is -2.54. The van der Waals surface area contributed by atoms with Gasteiger partial charge in [0.15, 0.2) is 0 Å². The Labute approximate surface area is 95.4 Å². The Kier molecular flexibility index (Phi) is 4.29. The molecule has 0 bridgehead atoms. The minimum atomic E-state index is -0.971. The number of carboxylic acid groups (broad SMARTS) is 1. The van der Waals surface area contributed by atoms with Crippen molar-refractivity contribution in [2.24, 2.45) is 11.1 Å². The second kappa shape index (κ2) is 5.30. The topological polar surface area (TPSA) is 92.4 Å². The van der Waals surface area contributed by atoms with Crippen LogP contribution in [-0.4, -0.2) is 29.6 Å². The fraction of sp³-hybridized carbons (Fsp3) is 0.818. The Bertz CT molecular complexity index is 269. The zero-order valence-electron chi connectivity index (χ0n) is 9.66. The van der Waals surface area contributed by atoms with Crippen molar-refractivity contribution in [3.8, 4) is 0 Å². The molecule has 5 nitrogen and oxygen atoms in total. The fourth-order valence-corrected chi connectivity index (χ4v) is 1.98. The molecule has 1 fully saturated rings. The highest BCUT2D eigenvalue weighted by Crippen LogP contribution is 2.40. The van der Waals surface area contributed by atoms with E-state index in [9.17, 15) is 9.59 Å². The molecule has 1 aliphatic carbocycles. The summed E-state index contributed by atoms with van der Waals surface area (Å²) in [5.41, 5.74) is 5.09. The van der Waals surface area contributed by atoms with Crippen LogP contribution >= 0.6 is 0 Å². The first-order chi connectivity index (χ1) is 7.55. The summed E-state index contributed by atoms with van der Waals surface area (Å²) in [5.74, 6) is -1.16. The van der Waals surface area contributed by atoms with Gasteiger partial charge in [0.25, 0.3) is 0 Å². The quantitative estimate of drug-likeness (QED) is 0.616. The zero-order valence-corrected chi connectivity index (χ0v) is 9.66. The van der Waals surface area contributed by atoms with Gasteiger partial charge in [-0.25, -0.2) is 4.79 Å². The van der Waals surface area contributed by atoms with E-state index in [1.54, 1.807) is 0 Å². The Hall–Kier alpha value is -1.10. The van der Waals surface area contributed by atoms with E-state index in [4.69, 9.17) is 10.8 Å². The maximum Gasteiger partial charge on any atom is 0.326 e. The number of aliphatic carboxylic acids is 1. The number of hydrogen-bond acceptors (Lipinski definition) is 3. The van der Waals surface area contributed by atoms with Gasteiger partial charge in [0.2, 0.25) is 5.91 Å². The standard InChI is InChI=1S/C11H20N2O3/c1-2-4-8(9(14)15)13-10(16)11(7-12)5-3-6-11/h8H,2-7,12H2,1H3,(H,13,16)(H,14,15)/t8-/m1/s1. The van der Waals surface area contributed by atoms with Gasteiger partial charge in [0, 0.05) is 6.54 Å². The molecule has 0 heterocycles. The summed E-state index contributed by atoms with van der Waals surface area (Å²) >= 11 is 0. The second-order valence-corrected chi connectivity index (χ2v) is 4.49. The number of carboxylic acids is 1. The first-order valence-corrected chi connectivity index (χ1v) is 5.79. The molecule has 0 aliphatic heterocycles. The van der Waals surface area contributed by atoms with Crippen LogP contribution in [0.25, 0.3) is 0 Å². The molecule has 0 aromatic heterocycles. The van der Waals surface area contributed by atoms with E-state index < -0.39 is 17.4 Å². The summed E-state index contributed by atoms with van der Waals surface area (Å²) in [7, 11) is 0. The predicted octanol–water partition coefficient (Wildman–Crippen LogP) is 0.485. The molecule has 1 aliphatic rings. The van der Waals surface area contributed by atoms with Gasteiger partial charge >= 0.3 is 5.97 Å². The van der Waals surface area contributed by atoms with Crippen molar-refractivity contribution >= 4 is 11.9 Å². The van der Waals surface area contributed by atoms with Crippen LogP contribution < -0.4 is 11.1 Å². The van der Waals surface area contributed by atoms with Gasteiger partial charge in [0.1, 0.15) is 6.04 Å². The van der Waals surface area contributed by atoms with Crippen molar-refractivity contribution in [2.45, 2.75) is 45.1 Å². The minimum absolute atomic E-state index is 0.192. The molecule has 0 unspecified atom stereocenters. The lowest BCUT2D eigenvalue weighted by molar-refractivity contribution is -0.145. The molecule has 0 aromatic carbocycles. The van der Waals surface area contributed by atoms with E-state index in [0.29, 0.717) is 13.0 Å². The Morgan fingerprint density at radius 1 is 1.50 bits per heavy atom.